The predicted octanol–water partition coefficient (Wildman–Crippen LogP) is 3.40. The van der Waals surface area contributed by atoms with Gasteiger partial charge in [-0.05, 0) is 18.9 Å². The Morgan fingerprint density at radius 2 is 1.54 bits per heavy atom. The van der Waals surface area contributed by atoms with Crippen LogP contribution in [0.5, 0.6) is 0 Å². The number of nitrogens with zero attached hydrogens (tertiary/aromatic N) is 2. The number of aromatic nitrogens is 2. The maximum atomic E-state index is 11.8. The molecule has 0 bridgehead atoms. The number of nitrogens with one attached hydrogen (secondary N) is 1. The van der Waals surface area contributed by atoms with Crippen molar-refractivity contribution in [1.29, 1.82) is 0 Å². The molecule has 2 rings (SSSR count). The van der Waals surface area contributed by atoms with Gasteiger partial charge < -0.3 is 19.7 Å². The van der Waals surface area contributed by atoms with Gasteiger partial charge in [-0.3, -0.25) is 29.6 Å². The number of hydrogen-bond donors (Lipinski definition) is 4. The molecule has 0 radical (unpaired) electrons. The number of carboxylic acid groups (broad SMARTS) is 2. The number of aliphatic carboxylic acids is 2. The Bertz CT molecular complexity index is 805. The predicted molar refractivity (Wildman–Crippen MR) is 129 cm³/mol. The van der Waals surface area contributed by atoms with E-state index in [0.29, 0.717) is 12.8 Å². The standard InChI is InChI=1S/C13H19N3O5.2C4H8O2.C2H6/c1-8(2)12(17)20-7-9-3-4-11(21-9)16-6-5-10(15-19)14-13(16)18;2*1-3(2)4(5)6;1-2/h5-6,8-9,11,19H,3-4,7H2,1-2H3,(H,14,15,18);2*3H,1-2H3,(H,5,6);1-2H3. The first kappa shape index (κ1) is 34.2. The van der Waals surface area contributed by atoms with Crippen molar-refractivity contribution in [3.8, 4) is 0 Å². The van der Waals surface area contributed by atoms with Gasteiger partial charge in [-0.15, -0.1) is 0 Å². The molecule has 1 fully saturated rings. The summed E-state index contributed by atoms with van der Waals surface area (Å²) in [6.45, 7) is 14.3. The Hall–Kier alpha value is -2.99. The van der Waals surface area contributed by atoms with E-state index in [2.05, 4.69) is 4.98 Å². The van der Waals surface area contributed by atoms with E-state index in [0.717, 1.165) is 0 Å². The van der Waals surface area contributed by atoms with Crippen molar-refractivity contribution in [3.05, 3.63) is 22.7 Å². The van der Waals surface area contributed by atoms with Crippen LogP contribution in [0.2, 0.25) is 0 Å². The van der Waals surface area contributed by atoms with Crippen LogP contribution >= 0.6 is 0 Å². The topological polar surface area (TPSA) is 177 Å². The molecule has 1 aromatic rings. The number of carbonyl (C=O) groups is 3. The summed E-state index contributed by atoms with van der Waals surface area (Å²) in [5.74, 6) is -2.30. The Morgan fingerprint density at radius 3 is 1.91 bits per heavy atom. The molecule has 1 aliphatic heterocycles. The lowest BCUT2D eigenvalue weighted by Gasteiger charge is -2.16. The lowest BCUT2D eigenvalue weighted by molar-refractivity contribution is -0.152. The Labute approximate surface area is 206 Å². The highest BCUT2D eigenvalue weighted by molar-refractivity contribution is 5.71. The number of esters is 1. The summed E-state index contributed by atoms with van der Waals surface area (Å²) in [4.78, 5) is 46.2. The van der Waals surface area contributed by atoms with Crippen molar-refractivity contribution in [3.63, 3.8) is 0 Å². The first-order chi connectivity index (χ1) is 16.3. The maximum absolute atomic E-state index is 11.8. The van der Waals surface area contributed by atoms with Crippen LogP contribution in [0.3, 0.4) is 0 Å². The molecule has 1 saturated heterocycles. The lowest BCUT2D eigenvalue weighted by Crippen LogP contribution is -2.28. The van der Waals surface area contributed by atoms with Crippen LogP contribution in [0.4, 0.5) is 5.82 Å². The zero-order valence-corrected chi connectivity index (χ0v) is 21.8. The Balaban J connectivity index is 0. The highest BCUT2D eigenvalue weighted by Crippen LogP contribution is 2.27. The normalized spacial score (nSPS) is 16.2. The van der Waals surface area contributed by atoms with E-state index in [-0.39, 0.29) is 42.3 Å². The molecule has 12 heteroatoms. The highest BCUT2D eigenvalue weighted by atomic mass is 16.6. The first-order valence-corrected chi connectivity index (χ1v) is 11.6. The second-order valence-corrected chi connectivity index (χ2v) is 8.18. The van der Waals surface area contributed by atoms with E-state index in [1.54, 1.807) is 41.5 Å². The van der Waals surface area contributed by atoms with Gasteiger partial charge >= 0.3 is 23.6 Å². The zero-order chi connectivity index (χ0) is 27.7. The molecule has 0 spiro atoms. The van der Waals surface area contributed by atoms with E-state index in [9.17, 15) is 19.2 Å². The smallest absolute Gasteiger partial charge is 0.351 e. The number of hydrogen-bond acceptors (Lipinski definition) is 9. The average Bonchev–Trinajstić information content (AvgIpc) is 3.27. The van der Waals surface area contributed by atoms with Gasteiger partial charge in [-0.25, -0.2) is 4.79 Å². The fraction of sp³-hybridized carbons (Fsp3) is 0.696. The maximum Gasteiger partial charge on any atom is 0.351 e. The average molecular weight is 504 g/mol. The summed E-state index contributed by atoms with van der Waals surface area (Å²) in [5, 5.41) is 24.7. The largest absolute Gasteiger partial charge is 0.481 e. The van der Waals surface area contributed by atoms with Crippen LogP contribution in [0, 0.1) is 17.8 Å². The van der Waals surface area contributed by atoms with Crippen molar-refractivity contribution >= 4 is 23.7 Å². The van der Waals surface area contributed by atoms with E-state index in [4.69, 9.17) is 24.9 Å². The number of rotatable bonds is 7. The summed E-state index contributed by atoms with van der Waals surface area (Å²) in [7, 11) is 0. The second-order valence-electron chi connectivity index (χ2n) is 8.18. The van der Waals surface area contributed by atoms with Crippen LogP contribution in [-0.4, -0.2) is 55.6 Å². The number of anilines is 1. The minimum absolute atomic E-state index is 0.0802. The Morgan fingerprint density at radius 1 is 1.06 bits per heavy atom. The third-order valence-corrected chi connectivity index (χ3v) is 4.21. The third-order valence-electron chi connectivity index (χ3n) is 4.21. The minimum Gasteiger partial charge on any atom is -0.481 e. The van der Waals surface area contributed by atoms with Gasteiger partial charge in [0, 0.05) is 6.20 Å². The molecule has 12 nitrogen and oxygen atoms in total. The van der Waals surface area contributed by atoms with Crippen molar-refractivity contribution in [2.75, 3.05) is 12.1 Å². The van der Waals surface area contributed by atoms with Gasteiger partial charge in [0.25, 0.3) is 0 Å². The highest BCUT2D eigenvalue weighted by Gasteiger charge is 2.28. The molecule has 2 unspecified atom stereocenters. The van der Waals surface area contributed by atoms with Crippen LogP contribution < -0.4 is 11.2 Å². The summed E-state index contributed by atoms with van der Waals surface area (Å²) < 4.78 is 12.2. The number of ether oxygens (including phenoxy) is 2. The molecular weight excluding hydrogens is 462 g/mol. The van der Waals surface area contributed by atoms with Crippen molar-refractivity contribution in [1.82, 2.24) is 9.55 Å². The molecule has 4 N–H and O–H groups in total. The second kappa shape index (κ2) is 18.4. The molecule has 0 aromatic carbocycles. The monoisotopic (exact) mass is 503 g/mol. The third kappa shape index (κ3) is 14.8. The van der Waals surface area contributed by atoms with Crippen LogP contribution in [0.15, 0.2) is 17.1 Å². The molecular formula is C23H41N3O9. The summed E-state index contributed by atoms with van der Waals surface area (Å²) in [5.41, 5.74) is 1.30. The van der Waals surface area contributed by atoms with E-state index < -0.39 is 23.9 Å². The Kier molecular flexibility index (Phi) is 17.9. The molecule has 0 saturated carbocycles. The summed E-state index contributed by atoms with van der Waals surface area (Å²) in [6, 6.07) is 1.47. The van der Waals surface area contributed by atoms with Gasteiger partial charge in [-0.2, -0.15) is 4.98 Å². The molecule has 1 aliphatic rings. The molecule has 35 heavy (non-hydrogen) atoms. The van der Waals surface area contributed by atoms with Gasteiger partial charge in [0.1, 0.15) is 12.8 Å². The van der Waals surface area contributed by atoms with Crippen molar-refractivity contribution in [2.24, 2.45) is 17.8 Å². The van der Waals surface area contributed by atoms with E-state index in [1.165, 1.54) is 16.8 Å². The van der Waals surface area contributed by atoms with Gasteiger partial charge in [0.15, 0.2) is 5.82 Å². The van der Waals surface area contributed by atoms with Crippen LogP contribution in [0.25, 0.3) is 0 Å². The minimum atomic E-state index is -0.741. The quantitative estimate of drug-likeness (QED) is 0.316. The van der Waals surface area contributed by atoms with E-state index >= 15 is 0 Å². The fourth-order valence-corrected chi connectivity index (χ4v) is 2.05. The molecule has 2 atom stereocenters. The van der Waals surface area contributed by atoms with Crippen LogP contribution in [0.1, 0.15) is 74.5 Å². The molecule has 0 amide bonds. The lowest BCUT2D eigenvalue weighted by atomic mass is 10.2. The van der Waals surface area contributed by atoms with Gasteiger partial charge in [-0.1, -0.05) is 55.4 Å². The van der Waals surface area contributed by atoms with Crippen molar-refractivity contribution in [2.45, 2.75) is 80.6 Å². The fourth-order valence-electron chi connectivity index (χ4n) is 2.05. The number of carboxylic acids is 2. The van der Waals surface area contributed by atoms with Gasteiger partial charge in [0.05, 0.1) is 23.9 Å². The zero-order valence-electron chi connectivity index (χ0n) is 21.8. The summed E-state index contributed by atoms with van der Waals surface area (Å²) in [6.07, 6.45) is 2.18. The molecule has 1 aromatic heterocycles. The van der Waals surface area contributed by atoms with Crippen molar-refractivity contribution < 1.29 is 39.3 Å². The number of carbonyl (C=O) groups excluding carboxylic acids is 1. The molecule has 0 aliphatic carbocycles. The molecule has 2 heterocycles. The van der Waals surface area contributed by atoms with Crippen LogP contribution in [-0.2, 0) is 23.9 Å². The van der Waals surface area contributed by atoms with E-state index in [1.807, 2.05) is 19.3 Å². The summed E-state index contributed by atoms with van der Waals surface area (Å²) >= 11 is 0. The first-order valence-electron chi connectivity index (χ1n) is 11.6. The molecule has 202 valence electrons. The van der Waals surface area contributed by atoms with Gasteiger partial charge in [0.2, 0.25) is 0 Å². The SMILES string of the molecule is CC.CC(C)C(=O)O.CC(C)C(=O)O.CC(C)C(=O)OCC1CCC(n2ccc(NO)nc2=O)O1.